The third kappa shape index (κ3) is 2.70. The third-order valence-corrected chi connectivity index (χ3v) is 3.30. The first-order chi connectivity index (χ1) is 9.52. The van der Waals surface area contributed by atoms with Crippen molar-refractivity contribution < 1.29 is 9.72 Å². The molecule has 2 heterocycles. The molecule has 0 radical (unpaired) electrons. The first kappa shape index (κ1) is 13.8. The summed E-state index contributed by atoms with van der Waals surface area (Å²) in [6.07, 6.45) is 1.41. The molecule has 0 aliphatic heterocycles. The predicted octanol–water partition coefficient (Wildman–Crippen LogP) is -0.135. The van der Waals surface area contributed by atoms with E-state index in [1.54, 1.807) is 5.38 Å². The van der Waals surface area contributed by atoms with Crippen LogP contribution in [0.5, 0.6) is 0 Å². The molecule has 2 aromatic heterocycles. The number of hydrogen-bond donors (Lipinski definition) is 2. The minimum Gasteiger partial charge on any atom is -0.304 e. The van der Waals surface area contributed by atoms with Crippen LogP contribution in [-0.2, 0) is 6.54 Å². The van der Waals surface area contributed by atoms with Crippen molar-refractivity contribution in [3.05, 3.63) is 54.9 Å². The Hall–Kier alpha value is -2.59. The highest BCUT2D eigenvalue weighted by Crippen LogP contribution is 2.11. The van der Waals surface area contributed by atoms with Crippen molar-refractivity contribution in [2.45, 2.75) is 6.54 Å². The van der Waals surface area contributed by atoms with Crippen LogP contribution in [0, 0.1) is 10.1 Å². The summed E-state index contributed by atoms with van der Waals surface area (Å²) in [7, 11) is 0. The number of hydrazine groups is 1. The summed E-state index contributed by atoms with van der Waals surface area (Å²) in [4.78, 5) is 37.0. The number of nitrogens with two attached hydrogens (primary N) is 1. The molecule has 0 saturated carbocycles. The number of nitrogen functional groups attached to an aromatic ring is 1. The van der Waals surface area contributed by atoms with E-state index in [1.165, 1.54) is 12.3 Å². The van der Waals surface area contributed by atoms with Crippen molar-refractivity contribution in [1.29, 1.82) is 0 Å². The van der Waals surface area contributed by atoms with Gasteiger partial charge in [-0.25, -0.2) is 10.8 Å². The number of carbonyl (C=O) groups excluding carboxylic acids is 1. The summed E-state index contributed by atoms with van der Waals surface area (Å²) in [6.45, 7) is 0.0366. The second-order valence-corrected chi connectivity index (χ2v) is 4.56. The summed E-state index contributed by atoms with van der Waals surface area (Å²) >= 11 is 1.07. The molecule has 0 fully saturated rings. The lowest BCUT2D eigenvalue weighted by atomic mass is 10.4. The van der Waals surface area contributed by atoms with Gasteiger partial charge in [0.25, 0.3) is 5.91 Å². The van der Waals surface area contributed by atoms with Gasteiger partial charge in [0.2, 0.25) is 0 Å². The van der Waals surface area contributed by atoms with Crippen molar-refractivity contribution in [1.82, 2.24) is 15.0 Å². The van der Waals surface area contributed by atoms with Crippen LogP contribution >= 0.6 is 11.3 Å². The molecule has 0 aromatic carbocycles. The van der Waals surface area contributed by atoms with Crippen LogP contribution in [0.4, 0.5) is 5.69 Å². The number of rotatable bonds is 4. The van der Waals surface area contributed by atoms with Gasteiger partial charge in [-0.15, -0.1) is 11.3 Å². The number of amides is 1. The number of pyridine rings is 1. The number of thiazole rings is 1. The van der Waals surface area contributed by atoms with Crippen molar-refractivity contribution in [2.24, 2.45) is 5.84 Å². The van der Waals surface area contributed by atoms with E-state index in [4.69, 9.17) is 5.84 Å². The maximum absolute atomic E-state index is 11.8. The molecular weight excluding hydrogens is 286 g/mol. The molecule has 2 aromatic rings. The monoisotopic (exact) mass is 295 g/mol. The quantitative estimate of drug-likeness (QED) is 0.349. The molecule has 3 N–H and O–H groups in total. The Bertz CT molecular complexity index is 722. The molecule has 0 saturated heterocycles. The van der Waals surface area contributed by atoms with Gasteiger partial charge in [-0.05, 0) is 6.07 Å². The highest BCUT2D eigenvalue weighted by atomic mass is 32.1. The molecule has 0 spiro atoms. The van der Waals surface area contributed by atoms with Crippen LogP contribution in [0.25, 0.3) is 0 Å². The van der Waals surface area contributed by atoms with Crippen LogP contribution in [-0.4, -0.2) is 20.4 Å². The number of hydrogen-bond acceptors (Lipinski definition) is 7. The van der Waals surface area contributed by atoms with Gasteiger partial charge in [0.05, 0.1) is 17.2 Å². The van der Waals surface area contributed by atoms with Gasteiger partial charge in [0, 0.05) is 17.6 Å². The summed E-state index contributed by atoms with van der Waals surface area (Å²) in [5, 5.41) is 12.4. The van der Waals surface area contributed by atoms with Gasteiger partial charge in [-0.2, -0.15) is 0 Å². The first-order valence-corrected chi connectivity index (χ1v) is 6.20. The van der Waals surface area contributed by atoms with Crippen molar-refractivity contribution in [2.75, 3.05) is 0 Å². The number of nitrogens with zero attached hydrogens (tertiary/aromatic N) is 3. The lowest BCUT2D eigenvalue weighted by molar-refractivity contribution is -0.386. The normalized spacial score (nSPS) is 10.2. The first-order valence-electron chi connectivity index (χ1n) is 5.32. The second kappa shape index (κ2) is 5.59. The minimum absolute atomic E-state index is 0.0366. The predicted molar refractivity (Wildman–Crippen MR) is 70.2 cm³/mol. The molecular formula is C10H9N5O4S. The van der Waals surface area contributed by atoms with E-state index in [2.05, 4.69) is 4.98 Å². The summed E-state index contributed by atoms with van der Waals surface area (Å²) in [5.41, 5.74) is 1.15. The highest BCUT2D eigenvalue weighted by molar-refractivity contribution is 7.11. The molecule has 0 aliphatic carbocycles. The van der Waals surface area contributed by atoms with Crippen LogP contribution in [0.1, 0.15) is 15.5 Å². The Morgan fingerprint density at radius 1 is 1.60 bits per heavy atom. The second-order valence-electron chi connectivity index (χ2n) is 3.70. The molecule has 9 nitrogen and oxygen atoms in total. The fourth-order valence-corrected chi connectivity index (χ4v) is 2.22. The molecule has 104 valence electrons. The molecule has 0 atom stereocenters. The smallest absolute Gasteiger partial charge is 0.304 e. The fraction of sp³-hybridized carbons (Fsp3) is 0.100. The molecule has 0 aliphatic rings. The van der Waals surface area contributed by atoms with E-state index in [1.807, 2.05) is 5.43 Å². The Morgan fingerprint density at radius 3 is 3.00 bits per heavy atom. The van der Waals surface area contributed by atoms with E-state index < -0.39 is 22.1 Å². The zero-order valence-electron chi connectivity index (χ0n) is 9.98. The van der Waals surface area contributed by atoms with E-state index in [9.17, 15) is 19.7 Å². The number of nitro groups is 1. The van der Waals surface area contributed by atoms with Crippen LogP contribution in [0.2, 0.25) is 0 Å². The van der Waals surface area contributed by atoms with E-state index in [-0.39, 0.29) is 11.6 Å². The van der Waals surface area contributed by atoms with Gasteiger partial charge in [-0.1, -0.05) is 0 Å². The van der Waals surface area contributed by atoms with Crippen molar-refractivity contribution >= 4 is 22.9 Å². The van der Waals surface area contributed by atoms with Crippen LogP contribution in [0.15, 0.2) is 28.5 Å². The number of carbonyl (C=O) groups is 1. The van der Waals surface area contributed by atoms with Crippen LogP contribution in [0.3, 0.4) is 0 Å². The lowest BCUT2D eigenvalue weighted by Crippen LogP contribution is -2.30. The standard InChI is InChI=1S/C10H9N5O4S/c11-13-8(16)9-12-6(5-20-9)4-14-3-1-2-7(10(14)17)15(18)19/h1-3,5H,4,11H2,(H,13,16). The van der Waals surface area contributed by atoms with E-state index in [0.29, 0.717) is 5.69 Å². The Morgan fingerprint density at radius 2 is 2.35 bits per heavy atom. The van der Waals surface area contributed by atoms with Gasteiger partial charge in [0.15, 0.2) is 5.01 Å². The SMILES string of the molecule is NNC(=O)c1nc(Cn2cccc([N+](=O)[O-])c2=O)cs1. The minimum atomic E-state index is -0.743. The molecule has 2 rings (SSSR count). The zero-order chi connectivity index (χ0) is 14.7. The fourth-order valence-electron chi connectivity index (χ4n) is 1.51. The molecule has 10 heteroatoms. The average Bonchev–Trinajstić information content (AvgIpc) is 2.88. The van der Waals surface area contributed by atoms with Crippen molar-refractivity contribution in [3.8, 4) is 0 Å². The molecule has 20 heavy (non-hydrogen) atoms. The molecule has 0 bridgehead atoms. The lowest BCUT2D eigenvalue weighted by Gasteiger charge is -2.02. The molecule has 1 amide bonds. The maximum Gasteiger partial charge on any atom is 0.334 e. The summed E-state index contributed by atoms with van der Waals surface area (Å²) in [5.74, 6) is 4.45. The Labute approximate surface area is 115 Å². The van der Waals surface area contributed by atoms with Gasteiger partial charge >= 0.3 is 11.2 Å². The van der Waals surface area contributed by atoms with Gasteiger partial charge in [-0.3, -0.25) is 25.1 Å². The zero-order valence-corrected chi connectivity index (χ0v) is 10.8. The van der Waals surface area contributed by atoms with E-state index >= 15 is 0 Å². The topological polar surface area (TPSA) is 133 Å². The molecule has 0 unspecified atom stereocenters. The van der Waals surface area contributed by atoms with Crippen molar-refractivity contribution in [3.63, 3.8) is 0 Å². The number of nitrogens with one attached hydrogen (secondary N) is 1. The van der Waals surface area contributed by atoms with Gasteiger partial charge < -0.3 is 4.57 Å². The Kier molecular flexibility index (Phi) is 3.86. The summed E-state index contributed by atoms with van der Waals surface area (Å²) in [6, 6.07) is 2.53. The van der Waals surface area contributed by atoms with Crippen LogP contribution < -0.4 is 16.8 Å². The number of aromatic nitrogens is 2. The summed E-state index contributed by atoms with van der Waals surface area (Å²) < 4.78 is 1.15. The largest absolute Gasteiger partial charge is 0.334 e. The average molecular weight is 295 g/mol. The highest BCUT2D eigenvalue weighted by Gasteiger charge is 2.15. The maximum atomic E-state index is 11.8. The third-order valence-electron chi connectivity index (χ3n) is 2.41. The Balaban J connectivity index is 2.29. The van der Waals surface area contributed by atoms with E-state index in [0.717, 1.165) is 22.0 Å². The van der Waals surface area contributed by atoms with Gasteiger partial charge in [0.1, 0.15) is 0 Å².